The largest absolute Gasteiger partial charge is 0.270 e. The lowest BCUT2D eigenvalue weighted by atomic mass is 10.8. The van der Waals surface area contributed by atoms with Crippen molar-refractivity contribution in [1.29, 1.82) is 0 Å². The fourth-order valence-corrected chi connectivity index (χ4v) is 1.85. The third-order valence-corrected chi connectivity index (χ3v) is 2.45. The van der Waals surface area contributed by atoms with Crippen LogP contribution >= 0.6 is 38.1 Å². The van der Waals surface area contributed by atoms with Crippen LogP contribution in [0.25, 0.3) is 0 Å². The Bertz CT molecular complexity index is 86.5. The lowest BCUT2D eigenvalue weighted by Gasteiger charge is -1.99. The van der Waals surface area contributed by atoms with Gasteiger partial charge in [-0.1, -0.05) is 27.7 Å². The summed E-state index contributed by atoms with van der Waals surface area (Å²) in [6.45, 7) is -0.0879. The zero-order valence-electron chi connectivity index (χ0n) is 4.50. The molecule has 0 aliphatic rings. The van der Waals surface area contributed by atoms with Crippen LogP contribution in [0.15, 0.2) is 11.8 Å². The molecular weight excluding hydrogens is 227 g/mol. The summed E-state index contributed by atoms with van der Waals surface area (Å²) in [6, 6.07) is 0. The molecular formula is C4H7BrCl2Si. The number of rotatable bonds is 2. The summed E-state index contributed by atoms with van der Waals surface area (Å²) in [5, 5.41) is 0.828. The fourth-order valence-electron chi connectivity index (χ4n) is 0.251. The van der Waals surface area contributed by atoms with Gasteiger partial charge >= 0.3 is 0 Å². The molecule has 0 saturated heterocycles. The standard InChI is InChI=1S/C4H7BrCl2Si/c1-8(6,7)4-2-3-5/h2,4H,3H2,1H3/b4-2+. The summed E-state index contributed by atoms with van der Waals surface area (Å²) < 4.78 is 0. The first-order valence-electron chi connectivity index (χ1n) is 2.18. The summed E-state index contributed by atoms with van der Waals surface area (Å²) in [7, 11) is 0. The van der Waals surface area contributed by atoms with Gasteiger partial charge in [0.2, 0.25) is 0 Å². The average Bonchev–Trinajstić information content (AvgIpc) is 1.59. The Morgan fingerprint density at radius 2 is 2.12 bits per heavy atom. The van der Waals surface area contributed by atoms with Gasteiger partial charge in [0, 0.05) is 5.33 Å². The Hall–Kier alpha value is 1.02. The van der Waals surface area contributed by atoms with Crippen molar-refractivity contribution in [1.82, 2.24) is 0 Å². The minimum atomic E-state index is -1.94. The van der Waals surface area contributed by atoms with Crippen LogP contribution in [0.4, 0.5) is 0 Å². The Labute approximate surface area is 68.4 Å². The first-order valence-corrected chi connectivity index (χ1v) is 7.90. The molecule has 0 radical (unpaired) electrons. The second-order valence-electron chi connectivity index (χ2n) is 1.51. The monoisotopic (exact) mass is 232 g/mol. The second kappa shape index (κ2) is 3.93. The topological polar surface area (TPSA) is 0 Å². The van der Waals surface area contributed by atoms with Gasteiger partial charge in [0.25, 0.3) is 6.69 Å². The average molecular weight is 234 g/mol. The molecule has 0 amide bonds. The first kappa shape index (κ1) is 9.02. The summed E-state index contributed by atoms with van der Waals surface area (Å²) in [6.07, 6.45) is 1.92. The number of alkyl halides is 1. The van der Waals surface area contributed by atoms with Crippen molar-refractivity contribution in [3.05, 3.63) is 11.8 Å². The van der Waals surface area contributed by atoms with E-state index in [1.807, 2.05) is 18.3 Å². The van der Waals surface area contributed by atoms with Crippen LogP contribution in [0.5, 0.6) is 0 Å². The number of hydrogen-bond acceptors (Lipinski definition) is 0. The zero-order chi connectivity index (χ0) is 6.62. The van der Waals surface area contributed by atoms with E-state index in [4.69, 9.17) is 22.2 Å². The van der Waals surface area contributed by atoms with E-state index in [0.717, 1.165) is 5.33 Å². The van der Waals surface area contributed by atoms with Gasteiger partial charge < -0.3 is 0 Å². The molecule has 0 atom stereocenters. The summed E-state index contributed by atoms with van der Waals surface area (Å²) in [5.41, 5.74) is 1.87. The molecule has 0 unspecified atom stereocenters. The van der Waals surface area contributed by atoms with Crippen molar-refractivity contribution in [2.45, 2.75) is 6.55 Å². The Morgan fingerprint density at radius 1 is 1.62 bits per heavy atom. The summed E-state index contributed by atoms with van der Waals surface area (Å²) in [5.74, 6) is 0. The third kappa shape index (κ3) is 7.02. The molecule has 0 aromatic heterocycles. The number of allylic oxidation sites excluding steroid dienone is 1. The predicted octanol–water partition coefficient (Wildman–Crippen LogP) is 3.03. The van der Waals surface area contributed by atoms with E-state index in [2.05, 4.69) is 15.9 Å². The van der Waals surface area contributed by atoms with Gasteiger partial charge in [0.1, 0.15) is 0 Å². The molecule has 48 valence electrons. The second-order valence-corrected chi connectivity index (χ2v) is 9.70. The minimum Gasteiger partial charge on any atom is -0.141 e. The van der Waals surface area contributed by atoms with Gasteiger partial charge in [-0.05, 0) is 6.55 Å². The van der Waals surface area contributed by atoms with Gasteiger partial charge in [-0.3, -0.25) is 0 Å². The molecule has 0 aliphatic heterocycles. The van der Waals surface area contributed by atoms with Crippen LogP contribution in [0, 0.1) is 0 Å². The molecule has 0 heterocycles. The summed E-state index contributed by atoms with van der Waals surface area (Å²) >= 11 is 14.6. The maximum Gasteiger partial charge on any atom is 0.270 e. The molecule has 0 fully saturated rings. The van der Waals surface area contributed by atoms with Gasteiger partial charge in [-0.2, -0.15) is 0 Å². The third-order valence-electron chi connectivity index (χ3n) is 0.500. The molecule has 0 N–H and O–H groups in total. The normalized spacial score (nSPS) is 13.0. The Morgan fingerprint density at radius 3 is 2.25 bits per heavy atom. The van der Waals surface area contributed by atoms with E-state index < -0.39 is 6.69 Å². The SMILES string of the molecule is C[Si](Cl)(Cl)/C=C/CBr. The van der Waals surface area contributed by atoms with E-state index in [1.54, 1.807) is 0 Å². The maximum absolute atomic E-state index is 5.71. The van der Waals surface area contributed by atoms with Gasteiger partial charge in [-0.15, -0.1) is 22.2 Å². The molecule has 0 bridgehead atoms. The van der Waals surface area contributed by atoms with Crippen molar-refractivity contribution < 1.29 is 0 Å². The van der Waals surface area contributed by atoms with Gasteiger partial charge in [-0.25, -0.2) is 0 Å². The molecule has 0 spiro atoms. The van der Waals surface area contributed by atoms with Gasteiger partial charge in [0.15, 0.2) is 0 Å². The van der Waals surface area contributed by atoms with Crippen LogP contribution in [-0.4, -0.2) is 12.0 Å². The lowest BCUT2D eigenvalue weighted by molar-refractivity contribution is 1.83. The van der Waals surface area contributed by atoms with E-state index in [0.29, 0.717) is 0 Å². The van der Waals surface area contributed by atoms with Crippen LogP contribution in [0.2, 0.25) is 6.55 Å². The molecule has 0 aromatic rings. The van der Waals surface area contributed by atoms with Crippen molar-refractivity contribution in [2.75, 3.05) is 5.33 Å². The van der Waals surface area contributed by atoms with Crippen LogP contribution in [0.1, 0.15) is 0 Å². The van der Waals surface area contributed by atoms with Crippen molar-refractivity contribution in [3.8, 4) is 0 Å². The lowest BCUT2D eigenvalue weighted by Crippen LogP contribution is -2.07. The highest BCUT2D eigenvalue weighted by Gasteiger charge is 2.14. The minimum absolute atomic E-state index is 0.828. The molecule has 0 saturated carbocycles. The van der Waals surface area contributed by atoms with Crippen molar-refractivity contribution in [2.24, 2.45) is 0 Å². The van der Waals surface area contributed by atoms with Gasteiger partial charge in [0.05, 0.1) is 0 Å². The Kier molecular flexibility index (Phi) is 4.43. The maximum atomic E-state index is 5.71. The molecule has 0 rings (SSSR count). The molecule has 0 nitrogen and oxygen atoms in total. The van der Waals surface area contributed by atoms with E-state index in [1.165, 1.54) is 0 Å². The molecule has 4 heteroatoms. The highest BCUT2D eigenvalue weighted by molar-refractivity contribution is 9.09. The van der Waals surface area contributed by atoms with Crippen molar-refractivity contribution in [3.63, 3.8) is 0 Å². The first-order chi connectivity index (χ1) is 3.56. The molecule has 8 heavy (non-hydrogen) atoms. The zero-order valence-corrected chi connectivity index (χ0v) is 8.59. The molecule has 0 aliphatic carbocycles. The highest BCUT2D eigenvalue weighted by Crippen LogP contribution is 2.14. The van der Waals surface area contributed by atoms with Crippen LogP contribution in [-0.2, 0) is 0 Å². The van der Waals surface area contributed by atoms with E-state index in [9.17, 15) is 0 Å². The number of halogens is 3. The van der Waals surface area contributed by atoms with Crippen LogP contribution in [0.3, 0.4) is 0 Å². The quantitative estimate of drug-likeness (QED) is 0.391. The highest BCUT2D eigenvalue weighted by atomic mass is 79.9. The predicted molar refractivity (Wildman–Crippen MR) is 46.3 cm³/mol. The van der Waals surface area contributed by atoms with Crippen molar-refractivity contribution >= 4 is 44.8 Å². The fraction of sp³-hybridized carbons (Fsp3) is 0.500. The number of hydrogen-bond donors (Lipinski definition) is 0. The smallest absolute Gasteiger partial charge is 0.141 e. The summed E-state index contributed by atoms with van der Waals surface area (Å²) in [4.78, 5) is 0. The molecule has 0 aromatic carbocycles. The Balaban J connectivity index is 3.52. The van der Waals surface area contributed by atoms with E-state index in [-0.39, 0.29) is 0 Å². The van der Waals surface area contributed by atoms with E-state index >= 15 is 0 Å². The van der Waals surface area contributed by atoms with Crippen LogP contribution < -0.4 is 0 Å².